The number of aliphatic carboxylic acids is 1. The summed E-state index contributed by atoms with van der Waals surface area (Å²) in [5, 5.41) is 8.67. The summed E-state index contributed by atoms with van der Waals surface area (Å²) < 4.78 is 39.0. The smallest absolute Gasteiger partial charge is 0.404 e. The normalized spacial score (nSPS) is 14.4. The Labute approximate surface area is 112 Å². The van der Waals surface area contributed by atoms with E-state index in [1.807, 2.05) is 13.8 Å². The Bertz CT molecular complexity index is 281. The highest BCUT2D eigenvalue weighted by Crippen LogP contribution is 2.28. The molecule has 0 aromatic heterocycles. The molecule has 19 heavy (non-hydrogen) atoms. The lowest BCUT2D eigenvalue weighted by Gasteiger charge is -2.34. The average molecular weight is 284 g/mol. The average Bonchev–Trinajstić information content (AvgIpc) is 2.18. The van der Waals surface area contributed by atoms with E-state index in [1.54, 1.807) is 19.0 Å². The van der Waals surface area contributed by atoms with Crippen LogP contribution >= 0.6 is 0 Å². The zero-order chi connectivity index (χ0) is 15.2. The van der Waals surface area contributed by atoms with Crippen LogP contribution in [-0.4, -0.2) is 66.8 Å². The van der Waals surface area contributed by atoms with Crippen molar-refractivity contribution < 1.29 is 23.1 Å². The number of hydrogen-bond acceptors (Lipinski definition) is 3. The maximum atomic E-state index is 13.0. The lowest BCUT2D eigenvalue weighted by atomic mass is 10.1. The fraction of sp³-hybridized carbons (Fsp3) is 0.917. The fourth-order valence-corrected chi connectivity index (χ4v) is 1.79. The number of likely N-dealkylation sites (N-methyl/N-ethyl adjacent to an activating group) is 1. The van der Waals surface area contributed by atoms with Gasteiger partial charge >= 0.3 is 12.1 Å². The molecule has 0 saturated heterocycles. The van der Waals surface area contributed by atoms with Crippen LogP contribution in [0.2, 0.25) is 0 Å². The molecule has 1 N–H and O–H groups in total. The topological polar surface area (TPSA) is 43.8 Å². The molecule has 0 amide bonds. The largest absolute Gasteiger partial charge is 0.481 e. The molecule has 0 aliphatic heterocycles. The van der Waals surface area contributed by atoms with Gasteiger partial charge in [0.25, 0.3) is 0 Å². The van der Waals surface area contributed by atoms with Gasteiger partial charge in [0.05, 0.1) is 6.42 Å². The molecular formula is C12H23F3N2O2. The van der Waals surface area contributed by atoms with Crippen molar-refractivity contribution in [1.29, 1.82) is 0 Å². The van der Waals surface area contributed by atoms with Crippen molar-refractivity contribution >= 4 is 5.97 Å². The Morgan fingerprint density at radius 3 is 2.05 bits per heavy atom. The minimum Gasteiger partial charge on any atom is -0.481 e. The lowest BCUT2D eigenvalue weighted by Crippen LogP contribution is -2.50. The number of hydrogen-bond donors (Lipinski definition) is 1. The summed E-state index contributed by atoms with van der Waals surface area (Å²) in [5.41, 5.74) is 0. The fourth-order valence-electron chi connectivity index (χ4n) is 1.79. The summed E-state index contributed by atoms with van der Waals surface area (Å²) in [5.74, 6) is -1.39. The predicted octanol–water partition coefficient (Wildman–Crippen LogP) is 1.91. The number of carboxylic acid groups (broad SMARTS) is 1. The van der Waals surface area contributed by atoms with Gasteiger partial charge in [-0.15, -0.1) is 0 Å². The van der Waals surface area contributed by atoms with Crippen molar-refractivity contribution in [3.63, 3.8) is 0 Å². The van der Waals surface area contributed by atoms with E-state index in [4.69, 9.17) is 5.11 Å². The minimum absolute atomic E-state index is 0.0424. The van der Waals surface area contributed by atoms with Crippen LogP contribution in [0, 0.1) is 5.92 Å². The summed E-state index contributed by atoms with van der Waals surface area (Å²) in [6.45, 7) is 4.51. The van der Waals surface area contributed by atoms with Gasteiger partial charge < -0.3 is 10.0 Å². The zero-order valence-electron chi connectivity index (χ0n) is 11.9. The molecule has 0 fully saturated rings. The second kappa shape index (κ2) is 7.69. The SMILES string of the molecule is CC(C)CN(CCN(C)C)C(CC(=O)O)C(F)(F)F. The van der Waals surface area contributed by atoms with Crippen LogP contribution in [0.15, 0.2) is 0 Å². The van der Waals surface area contributed by atoms with E-state index in [2.05, 4.69) is 0 Å². The Hall–Kier alpha value is -0.820. The van der Waals surface area contributed by atoms with Crippen LogP contribution in [0.4, 0.5) is 13.2 Å². The molecule has 7 heteroatoms. The lowest BCUT2D eigenvalue weighted by molar-refractivity contribution is -0.192. The van der Waals surface area contributed by atoms with Gasteiger partial charge in [-0.05, 0) is 20.0 Å². The molecule has 0 bridgehead atoms. The molecule has 0 aromatic carbocycles. The summed E-state index contributed by atoms with van der Waals surface area (Å²) in [6, 6.07) is -1.92. The highest BCUT2D eigenvalue weighted by atomic mass is 19.4. The number of carboxylic acids is 1. The summed E-state index contributed by atoms with van der Waals surface area (Å²) >= 11 is 0. The first-order valence-electron chi connectivity index (χ1n) is 6.21. The van der Waals surface area contributed by atoms with Crippen molar-refractivity contribution in [1.82, 2.24) is 9.80 Å². The Morgan fingerprint density at radius 2 is 1.74 bits per heavy atom. The summed E-state index contributed by atoms with van der Waals surface area (Å²) in [7, 11) is 3.54. The first-order valence-corrected chi connectivity index (χ1v) is 6.21. The van der Waals surface area contributed by atoms with E-state index in [-0.39, 0.29) is 19.0 Å². The second-order valence-electron chi connectivity index (χ2n) is 5.35. The van der Waals surface area contributed by atoms with Crippen LogP contribution in [0.1, 0.15) is 20.3 Å². The number of alkyl halides is 3. The Balaban J connectivity index is 4.94. The Morgan fingerprint density at radius 1 is 1.21 bits per heavy atom. The van der Waals surface area contributed by atoms with Crippen molar-refractivity contribution in [2.24, 2.45) is 5.92 Å². The molecule has 114 valence electrons. The van der Waals surface area contributed by atoms with Gasteiger partial charge in [-0.2, -0.15) is 13.2 Å². The summed E-state index contributed by atoms with van der Waals surface area (Å²) in [6.07, 6.45) is -5.44. The molecule has 0 spiro atoms. The predicted molar refractivity (Wildman–Crippen MR) is 67.1 cm³/mol. The van der Waals surface area contributed by atoms with Gasteiger partial charge in [0.2, 0.25) is 0 Å². The van der Waals surface area contributed by atoms with Crippen LogP contribution in [0.5, 0.6) is 0 Å². The van der Waals surface area contributed by atoms with Gasteiger partial charge in [0.1, 0.15) is 6.04 Å². The molecule has 0 rings (SSSR count). The number of rotatable bonds is 8. The van der Waals surface area contributed by atoms with Crippen molar-refractivity contribution in [2.75, 3.05) is 33.7 Å². The molecular weight excluding hydrogens is 261 g/mol. The number of nitrogens with zero attached hydrogens (tertiary/aromatic N) is 2. The first kappa shape index (κ1) is 18.2. The van der Waals surface area contributed by atoms with Gasteiger partial charge in [-0.1, -0.05) is 13.8 Å². The highest BCUT2D eigenvalue weighted by molar-refractivity contribution is 5.67. The zero-order valence-corrected chi connectivity index (χ0v) is 11.9. The van der Waals surface area contributed by atoms with Crippen LogP contribution in [0.25, 0.3) is 0 Å². The first-order chi connectivity index (χ1) is 8.54. The third-order valence-corrected chi connectivity index (χ3v) is 2.62. The highest BCUT2D eigenvalue weighted by Gasteiger charge is 2.44. The third kappa shape index (κ3) is 8.05. The van der Waals surface area contributed by atoms with Gasteiger partial charge in [0.15, 0.2) is 0 Å². The molecule has 0 heterocycles. The van der Waals surface area contributed by atoms with Crippen molar-refractivity contribution in [2.45, 2.75) is 32.5 Å². The van der Waals surface area contributed by atoms with Crippen LogP contribution in [0.3, 0.4) is 0 Å². The van der Waals surface area contributed by atoms with Crippen molar-refractivity contribution in [3.8, 4) is 0 Å². The van der Waals surface area contributed by atoms with E-state index >= 15 is 0 Å². The van der Waals surface area contributed by atoms with Gasteiger partial charge in [-0.3, -0.25) is 9.69 Å². The van der Waals surface area contributed by atoms with E-state index in [9.17, 15) is 18.0 Å². The Kier molecular flexibility index (Phi) is 7.36. The number of halogens is 3. The summed E-state index contributed by atoms with van der Waals surface area (Å²) in [4.78, 5) is 13.6. The van der Waals surface area contributed by atoms with Crippen molar-refractivity contribution in [3.05, 3.63) is 0 Å². The second-order valence-corrected chi connectivity index (χ2v) is 5.35. The standard InChI is InChI=1S/C12H23F3N2O2/c1-9(2)8-17(6-5-16(3)4)10(7-11(18)19)12(13,14)15/h9-10H,5-8H2,1-4H3,(H,18,19). The van der Waals surface area contributed by atoms with E-state index in [0.29, 0.717) is 6.54 Å². The van der Waals surface area contributed by atoms with Gasteiger partial charge in [0, 0.05) is 19.6 Å². The number of carbonyl (C=O) groups is 1. The third-order valence-electron chi connectivity index (χ3n) is 2.62. The van der Waals surface area contributed by atoms with E-state index < -0.39 is 24.6 Å². The molecule has 0 aromatic rings. The quantitative estimate of drug-likeness (QED) is 0.739. The minimum atomic E-state index is -4.53. The molecule has 0 radical (unpaired) electrons. The van der Waals surface area contributed by atoms with E-state index in [1.165, 1.54) is 4.90 Å². The maximum absolute atomic E-state index is 13.0. The van der Waals surface area contributed by atoms with E-state index in [0.717, 1.165) is 0 Å². The molecule has 1 atom stereocenters. The molecule has 4 nitrogen and oxygen atoms in total. The molecule has 0 aliphatic rings. The molecule has 0 aliphatic carbocycles. The molecule has 1 unspecified atom stereocenters. The molecule has 0 saturated carbocycles. The van der Waals surface area contributed by atoms with Crippen LogP contribution < -0.4 is 0 Å². The van der Waals surface area contributed by atoms with Gasteiger partial charge in [-0.25, -0.2) is 0 Å². The maximum Gasteiger partial charge on any atom is 0.404 e. The van der Waals surface area contributed by atoms with Crippen LogP contribution in [-0.2, 0) is 4.79 Å². The monoisotopic (exact) mass is 284 g/mol.